The number of rotatable bonds is 3. The maximum atomic E-state index is 6.35. The van der Waals surface area contributed by atoms with E-state index in [-0.39, 0.29) is 0 Å². The smallest absolute Gasteiger partial charge is 0.192 e. The predicted molar refractivity (Wildman–Crippen MR) is 65.1 cm³/mol. The Morgan fingerprint density at radius 3 is 2.00 bits per heavy atom. The molecular weight excluding hydrogens is 188 g/mol. The van der Waals surface area contributed by atoms with Gasteiger partial charge in [0.05, 0.1) is 0 Å². The molecule has 1 rings (SSSR count). The van der Waals surface area contributed by atoms with Crippen molar-refractivity contribution >= 4 is 8.32 Å². The van der Waals surface area contributed by atoms with Crippen LogP contribution in [-0.2, 0) is 4.43 Å². The average molecular weight is 214 g/mol. The van der Waals surface area contributed by atoms with Crippen molar-refractivity contribution in [2.45, 2.75) is 71.2 Å². The summed E-state index contributed by atoms with van der Waals surface area (Å²) in [5.74, 6) is 0.851. The molecule has 0 aromatic carbocycles. The molecule has 14 heavy (non-hydrogen) atoms. The molecule has 1 unspecified atom stereocenters. The summed E-state index contributed by atoms with van der Waals surface area (Å²) in [6, 6.07) is 0. The first-order valence-electron chi connectivity index (χ1n) is 5.92. The van der Waals surface area contributed by atoms with E-state index in [1.54, 1.807) is 0 Å². The van der Waals surface area contributed by atoms with Gasteiger partial charge in [-0.1, -0.05) is 27.2 Å². The molecule has 1 nitrogen and oxygen atoms in total. The maximum Gasteiger partial charge on any atom is 0.192 e. The largest absolute Gasteiger partial charge is 0.414 e. The second kappa shape index (κ2) is 3.97. The Balaban J connectivity index is 2.49. The first-order valence-corrected chi connectivity index (χ1v) is 8.83. The summed E-state index contributed by atoms with van der Waals surface area (Å²) < 4.78 is 6.35. The van der Waals surface area contributed by atoms with E-state index in [1.165, 1.54) is 19.3 Å². The predicted octanol–water partition coefficient (Wildman–Crippen LogP) is 4.20. The van der Waals surface area contributed by atoms with Crippen molar-refractivity contribution in [3.05, 3.63) is 0 Å². The normalized spacial score (nSPS) is 21.9. The van der Waals surface area contributed by atoms with Crippen molar-refractivity contribution < 1.29 is 4.43 Å². The third-order valence-corrected chi connectivity index (χ3v) is 8.67. The zero-order chi connectivity index (χ0) is 11.0. The molecular formula is C12H26OSi. The average Bonchev–Trinajstić information content (AvgIpc) is 1.76. The topological polar surface area (TPSA) is 9.23 Å². The monoisotopic (exact) mass is 214 g/mol. The van der Waals surface area contributed by atoms with Crippen LogP contribution in [0.4, 0.5) is 0 Å². The Kier molecular flexibility index (Phi) is 3.48. The van der Waals surface area contributed by atoms with E-state index in [1.807, 2.05) is 0 Å². The molecule has 0 aromatic rings. The first kappa shape index (κ1) is 12.2. The summed E-state index contributed by atoms with van der Waals surface area (Å²) in [4.78, 5) is 0. The van der Waals surface area contributed by atoms with Gasteiger partial charge in [0.15, 0.2) is 8.32 Å². The van der Waals surface area contributed by atoms with Gasteiger partial charge in [-0.3, -0.25) is 0 Å². The Morgan fingerprint density at radius 1 is 1.21 bits per heavy atom. The highest BCUT2D eigenvalue weighted by Crippen LogP contribution is 2.40. The Bertz CT molecular complexity index is 189. The number of hydrogen-bond donors (Lipinski definition) is 0. The molecule has 1 aliphatic carbocycles. The molecule has 1 atom stereocenters. The quantitative estimate of drug-likeness (QED) is 0.640. The standard InChI is InChI=1S/C12H26OSi/c1-10(11-8-7-9-11)13-14(5,6)12(2,3)4/h10-11H,7-9H2,1-6H3. The highest BCUT2D eigenvalue weighted by atomic mass is 28.4. The van der Waals surface area contributed by atoms with E-state index in [0.717, 1.165) is 5.92 Å². The Morgan fingerprint density at radius 2 is 1.71 bits per heavy atom. The second-order valence-electron chi connectivity index (χ2n) is 6.27. The lowest BCUT2D eigenvalue weighted by Gasteiger charge is -2.42. The molecule has 1 saturated carbocycles. The Labute approximate surface area is 90.4 Å². The van der Waals surface area contributed by atoms with Gasteiger partial charge >= 0.3 is 0 Å². The summed E-state index contributed by atoms with van der Waals surface area (Å²) >= 11 is 0. The van der Waals surface area contributed by atoms with Crippen molar-refractivity contribution in [3.8, 4) is 0 Å². The third-order valence-electron chi connectivity index (χ3n) is 4.10. The van der Waals surface area contributed by atoms with Gasteiger partial charge in [-0.2, -0.15) is 0 Å². The van der Waals surface area contributed by atoms with E-state index in [9.17, 15) is 0 Å². The van der Waals surface area contributed by atoms with E-state index < -0.39 is 8.32 Å². The molecule has 1 aliphatic rings. The molecule has 0 bridgehead atoms. The lowest BCUT2D eigenvalue weighted by Crippen LogP contribution is -2.45. The van der Waals surface area contributed by atoms with E-state index in [2.05, 4.69) is 40.8 Å². The summed E-state index contributed by atoms with van der Waals surface area (Å²) in [5.41, 5.74) is 0. The number of hydrogen-bond acceptors (Lipinski definition) is 1. The summed E-state index contributed by atoms with van der Waals surface area (Å²) in [6.07, 6.45) is 4.67. The first-order chi connectivity index (χ1) is 6.24. The molecule has 0 radical (unpaired) electrons. The van der Waals surface area contributed by atoms with Crippen molar-refractivity contribution in [3.63, 3.8) is 0 Å². The summed E-state index contributed by atoms with van der Waals surface area (Å²) in [5, 5.41) is 0.352. The zero-order valence-electron chi connectivity index (χ0n) is 10.7. The van der Waals surface area contributed by atoms with Crippen LogP contribution in [0.15, 0.2) is 0 Å². The second-order valence-corrected chi connectivity index (χ2v) is 11.0. The molecule has 0 N–H and O–H groups in total. The fourth-order valence-corrected chi connectivity index (χ4v) is 3.12. The van der Waals surface area contributed by atoms with Gasteiger partial charge in [0.25, 0.3) is 0 Å². The van der Waals surface area contributed by atoms with Gasteiger partial charge in [-0.25, -0.2) is 0 Å². The van der Waals surface area contributed by atoms with Crippen molar-refractivity contribution in [2.24, 2.45) is 5.92 Å². The molecule has 0 aliphatic heterocycles. The van der Waals surface area contributed by atoms with E-state index >= 15 is 0 Å². The maximum absolute atomic E-state index is 6.35. The minimum Gasteiger partial charge on any atom is -0.414 e. The van der Waals surface area contributed by atoms with Crippen LogP contribution in [0.1, 0.15) is 47.0 Å². The summed E-state index contributed by atoms with van der Waals surface area (Å²) in [7, 11) is -1.51. The fraction of sp³-hybridized carbons (Fsp3) is 1.00. The molecule has 1 fully saturated rings. The third kappa shape index (κ3) is 2.60. The van der Waals surface area contributed by atoms with Gasteiger partial charge in [-0.15, -0.1) is 0 Å². The van der Waals surface area contributed by atoms with Crippen molar-refractivity contribution in [1.29, 1.82) is 0 Å². The fourth-order valence-electron chi connectivity index (χ4n) is 1.65. The van der Waals surface area contributed by atoms with Gasteiger partial charge in [0.2, 0.25) is 0 Å². The van der Waals surface area contributed by atoms with Crippen LogP contribution in [0.2, 0.25) is 18.1 Å². The lowest BCUT2D eigenvalue weighted by molar-refractivity contribution is 0.0862. The van der Waals surface area contributed by atoms with Gasteiger partial charge in [0.1, 0.15) is 0 Å². The highest BCUT2D eigenvalue weighted by molar-refractivity contribution is 6.74. The molecule has 0 heterocycles. The van der Waals surface area contributed by atoms with Crippen LogP contribution in [-0.4, -0.2) is 14.4 Å². The van der Waals surface area contributed by atoms with Crippen molar-refractivity contribution in [1.82, 2.24) is 0 Å². The minimum atomic E-state index is -1.51. The molecule has 0 amide bonds. The van der Waals surface area contributed by atoms with Gasteiger partial charge < -0.3 is 4.43 Å². The van der Waals surface area contributed by atoms with Crippen LogP contribution in [0.5, 0.6) is 0 Å². The van der Waals surface area contributed by atoms with Crippen LogP contribution in [0.3, 0.4) is 0 Å². The van der Waals surface area contributed by atoms with Gasteiger partial charge in [0, 0.05) is 6.10 Å². The summed E-state index contributed by atoms with van der Waals surface area (Å²) in [6.45, 7) is 13.9. The van der Waals surface area contributed by atoms with Crippen molar-refractivity contribution in [2.75, 3.05) is 0 Å². The van der Waals surface area contributed by atoms with Crippen LogP contribution < -0.4 is 0 Å². The van der Waals surface area contributed by atoms with Gasteiger partial charge in [-0.05, 0) is 43.8 Å². The molecule has 84 valence electrons. The van der Waals surface area contributed by atoms with Crippen LogP contribution in [0.25, 0.3) is 0 Å². The molecule has 0 saturated heterocycles. The van der Waals surface area contributed by atoms with E-state index in [4.69, 9.17) is 4.43 Å². The van der Waals surface area contributed by atoms with Crippen LogP contribution >= 0.6 is 0 Å². The van der Waals surface area contributed by atoms with E-state index in [0.29, 0.717) is 11.1 Å². The molecule has 2 heteroatoms. The minimum absolute atomic E-state index is 0.352. The Hall–Kier alpha value is 0.177. The van der Waals surface area contributed by atoms with Crippen LogP contribution in [0, 0.1) is 5.92 Å². The zero-order valence-corrected chi connectivity index (χ0v) is 11.7. The molecule has 0 aromatic heterocycles. The lowest BCUT2D eigenvalue weighted by atomic mass is 9.82. The highest BCUT2D eigenvalue weighted by Gasteiger charge is 2.40. The SMILES string of the molecule is CC(O[Si](C)(C)C(C)(C)C)C1CCC1. The molecule has 0 spiro atoms.